The fourth-order valence-electron chi connectivity index (χ4n) is 2.14. The van der Waals surface area contributed by atoms with Crippen LogP contribution in [0.25, 0.3) is 0 Å². The summed E-state index contributed by atoms with van der Waals surface area (Å²) in [7, 11) is 0. The van der Waals surface area contributed by atoms with Gasteiger partial charge in [0.1, 0.15) is 5.82 Å². The molecule has 0 bridgehead atoms. The Morgan fingerprint density at radius 1 is 1.25 bits per heavy atom. The molecule has 0 saturated carbocycles. The predicted molar refractivity (Wildman–Crippen MR) is 88.1 cm³/mol. The molecule has 1 heterocycles. The molecular weight excluding hydrogens is 366 g/mol. The van der Waals surface area contributed by atoms with E-state index in [0.29, 0.717) is 5.56 Å². The van der Waals surface area contributed by atoms with Crippen molar-refractivity contribution in [2.75, 3.05) is 6.54 Å². The van der Waals surface area contributed by atoms with Gasteiger partial charge in [0.05, 0.1) is 6.20 Å². The molecule has 1 atom stereocenters. The summed E-state index contributed by atoms with van der Waals surface area (Å²) < 4.78 is 15.1. The van der Waals surface area contributed by atoms with Crippen LogP contribution in [0.1, 0.15) is 30.5 Å². The van der Waals surface area contributed by atoms with Crippen molar-refractivity contribution in [3.05, 3.63) is 63.2 Å². The van der Waals surface area contributed by atoms with E-state index < -0.39 is 0 Å². The van der Waals surface area contributed by atoms with Gasteiger partial charge in [0.15, 0.2) is 0 Å². The molecule has 0 aliphatic carbocycles. The molecule has 1 unspecified atom stereocenters. The Hall–Kier alpha value is -1.01. The van der Waals surface area contributed by atoms with Crippen LogP contribution in [0, 0.1) is 9.39 Å². The minimum Gasteiger partial charge on any atom is -0.310 e. The molecule has 0 radical (unpaired) electrons. The highest BCUT2D eigenvalue weighted by Crippen LogP contribution is 2.21. The van der Waals surface area contributed by atoms with E-state index >= 15 is 0 Å². The molecule has 20 heavy (non-hydrogen) atoms. The Morgan fingerprint density at radius 2 is 2.00 bits per heavy atom. The molecule has 0 amide bonds. The molecule has 0 aliphatic heterocycles. The molecule has 1 N–H and O–H groups in total. The Balaban J connectivity index is 2.19. The smallest absolute Gasteiger partial charge is 0.146 e. The number of rotatable bonds is 6. The third-order valence-electron chi connectivity index (χ3n) is 3.17. The summed E-state index contributed by atoms with van der Waals surface area (Å²) in [6, 6.07) is 10.1. The standard InChI is InChI=1S/C16H18FIN2/c1-2-8-20-16(14-7-9-19-11-15(14)17)10-12-3-5-13(18)6-4-12/h3-7,9,11,16,20H,2,8,10H2,1H3. The highest BCUT2D eigenvalue weighted by Gasteiger charge is 2.15. The number of hydrogen-bond acceptors (Lipinski definition) is 2. The lowest BCUT2D eigenvalue weighted by Gasteiger charge is -2.19. The second-order valence-corrected chi connectivity index (χ2v) is 5.98. The molecule has 0 spiro atoms. The summed E-state index contributed by atoms with van der Waals surface area (Å²) >= 11 is 2.29. The largest absolute Gasteiger partial charge is 0.310 e. The van der Waals surface area contributed by atoms with Crippen molar-refractivity contribution in [1.82, 2.24) is 10.3 Å². The Kier molecular flexibility index (Phi) is 5.91. The van der Waals surface area contributed by atoms with Crippen molar-refractivity contribution >= 4 is 22.6 Å². The van der Waals surface area contributed by atoms with Crippen molar-refractivity contribution in [3.63, 3.8) is 0 Å². The highest BCUT2D eigenvalue weighted by molar-refractivity contribution is 14.1. The second-order valence-electron chi connectivity index (χ2n) is 4.73. The van der Waals surface area contributed by atoms with Crippen LogP contribution in [-0.2, 0) is 6.42 Å². The minimum absolute atomic E-state index is 0.0157. The third kappa shape index (κ3) is 4.24. The van der Waals surface area contributed by atoms with Gasteiger partial charge in [0.2, 0.25) is 0 Å². The van der Waals surface area contributed by atoms with E-state index in [2.05, 4.69) is 64.1 Å². The molecule has 4 heteroatoms. The molecule has 1 aromatic heterocycles. The average molecular weight is 384 g/mol. The van der Waals surface area contributed by atoms with Gasteiger partial charge in [-0.05, 0) is 65.7 Å². The van der Waals surface area contributed by atoms with E-state index in [1.807, 2.05) is 0 Å². The van der Waals surface area contributed by atoms with E-state index in [-0.39, 0.29) is 11.9 Å². The Bertz CT molecular complexity index is 542. The number of aromatic nitrogens is 1. The van der Waals surface area contributed by atoms with E-state index in [9.17, 15) is 4.39 Å². The van der Waals surface area contributed by atoms with Crippen molar-refractivity contribution in [2.24, 2.45) is 0 Å². The van der Waals surface area contributed by atoms with Crippen LogP contribution in [0.2, 0.25) is 0 Å². The topological polar surface area (TPSA) is 24.9 Å². The van der Waals surface area contributed by atoms with Gasteiger partial charge in [-0.25, -0.2) is 4.39 Å². The van der Waals surface area contributed by atoms with Gasteiger partial charge in [-0.2, -0.15) is 0 Å². The zero-order chi connectivity index (χ0) is 14.4. The average Bonchev–Trinajstić information content (AvgIpc) is 2.46. The first-order valence-electron chi connectivity index (χ1n) is 6.78. The monoisotopic (exact) mass is 384 g/mol. The summed E-state index contributed by atoms with van der Waals surface area (Å²) in [5.74, 6) is -0.244. The summed E-state index contributed by atoms with van der Waals surface area (Å²) in [6.07, 6.45) is 4.73. The number of nitrogens with one attached hydrogen (secondary N) is 1. The molecule has 2 nitrogen and oxygen atoms in total. The Labute approximate surface area is 133 Å². The van der Waals surface area contributed by atoms with Crippen molar-refractivity contribution in [2.45, 2.75) is 25.8 Å². The molecule has 106 valence electrons. The van der Waals surface area contributed by atoms with Crippen LogP contribution in [0.3, 0.4) is 0 Å². The maximum atomic E-state index is 13.9. The maximum Gasteiger partial charge on any atom is 0.146 e. The summed E-state index contributed by atoms with van der Waals surface area (Å²) in [4.78, 5) is 3.82. The molecule has 2 rings (SSSR count). The number of halogens is 2. The number of benzene rings is 1. The minimum atomic E-state index is -0.244. The maximum absolute atomic E-state index is 13.9. The van der Waals surface area contributed by atoms with Crippen LogP contribution in [0.5, 0.6) is 0 Å². The lowest BCUT2D eigenvalue weighted by molar-refractivity contribution is 0.495. The first kappa shape index (κ1) is 15.4. The van der Waals surface area contributed by atoms with Gasteiger partial charge in [0.25, 0.3) is 0 Å². The van der Waals surface area contributed by atoms with Crippen LogP contribution in [0.15, 0.2) is 42.7 Å². The van der Waals surface area contributed by atoms with Crippen LogP contribution in [-0.4, -0.2) is 11.5 Å². The zero-order valence-electron chi connectivity index (χ0n) is 11.4. The van der Waals surface area contributed by atoms with Crippen molar-refractivity contribution in [1.29, 1.82) is 0 Å². The van der Waals surface area contributed by atoms with Gasteiger partial charge in [0, 0.05) is 21.4 Å². The van der Waals surface area contributed by atoms with E-state index in [1.54, 1.807) is 12.3 Å². The van der Waals surface area contributed by atoms with Gasteiger partial charge in [-0.15, -0.1) is 0 Å². The second kappa shape index (κ2) is 7.69. The van der Waals surface area contributed by atoms with Gasteiger partial charge in [-0.1, -0.05) is 19.1 Å². The number of pyridine rings is 1. The molecule has 2 aromatic rings. The zero-order valence-corrected chi connectivity index (χ0v) is 13.6. The highest BCUT2D eigenvalue weighted by atomic mass is 127. The molecule has 0 saturated heterocycles. The lowest BCUT2D eigenvalue weighted by Crippen LogP contribution is -2.25. The van der Waals surface area contributed by atoms with Crippen molar-refractivity contribution < 1.29 is 4.39 Å². The third-order valence-corrected chi connectivity index (χ3v) is 3.89. The fraction of sp³-hybridized carbons (Fsp3) is 0.312. The summed E-state index contributed by atoms with van der Waals surface area (Å²) in [5, 5.41) is 3.42. The molecular formula is C16H18FIN2. The van der Waals surface area contributed by atoms with E-state index in [1.165, 1.54) is 15.3 Å². The van der Waals surface area contributed by atoms with Crippen LogP contribution < -0.4 is 5.32 Å². The van der Waals surface area contributed by atoms with Crippen LogP contribution in [0.4, 0.5) is 4.39 Å². The molecule has 0 aliphatic rings. The van der Waals surface area contributed by atoms with Gasteiger partial charge in [-0.3, -0.25) is 4.98 Å². The first-order chi connectivity index (χ1) is 9.70. The molecule has 0 fully saturated rings. The number of hydrogen-bond donors (Lipinski definition) is 1. The van der Waals surface area contributed by atoms with Crippen molar-refractivity contribution in [3.8, 4) is 0 Å². The van der Waals surface area contributed by atoms with E-state index in [4.69, 9.17) is 0 Å². The normalized spacial score (nSPS) is 12.3. The van der Waals surface area contributed by atoms with Crippen LogP contribution >= 0.6 is 22.6 Å². The van der Waals surface area contributed by atoms with E-state index in [0.717, 1.165) is 19.4 Å². The quantitative estimate of drug-likeness (QED) is 0.759. The summed E-state index contributed by atoms with van der Waals surface area (Å²) in [5.41, 5.74) is 1.89. The number of nitrogens with zero attached hydrogens (tertiary/aromatic N) is 1. The van der Waals surface area contributed by atoms with Gasteiger partial charge < -0.3 is 5.32 Å². The molecule has 1 aromatic carbocycles. The van der Waals surface area contributed by atoms with Gasteiger partial charge >= 0.3 is 0 Å². The fourth-order valence-corrected chi connectivity index (χ4v) is 2.49. The predicted octanol–water partition coefficient (Wildman–Crippen LogP) is 4.11. The SMILES string of the molecule is CCCNC(Cc1ccc(I)cc1)c1ccncc1F. The summed E-state index contributed by atoms with van der Waals surface area (Å²) in [6.45, 7) is 2.98. The Morgan fingerprint density at radius 3 is 2.65 bits per heavy atom. The lowest BCUT2D eigenvalue weighted by atomic mass is 9.99. The first-order valence-corrected chi connectivity index (χ1v) is 7.85.